The molecule has 0 radical (unpaired) electrons. The summed E-state index contributed by atoms with van der Waals surface area (Å²) in [6, 6.07) is 9.47. The molecule has 0 N–H and O–H groups in total. The van der Waals surface area contributed by atoms with E-state index < -0.39 is 16.5 Å². The zero-order chi connectivity index (χ0) is 18.2. The fourth-order valence-electron chi connectivity index (χ4n) is 2.34. The van der Waals surface area contributed by atoms with Crippen LogP contribution >= 0.6 is 0 Å². The molecule has 4 nitrogen and oxygen atoms in total. The maximum Gasteiger partial charge on any atom is 1.00 e. The predicted molar refractivity (Wildman–Crippen MR) is 107 cm³/mol. The Morgan fingerprint density at radius 2 is 1.40 bits per heavy atom. The third-order valence-electron chi connectivity index (χ3n) is 2.77. The molecule has 0 saturated heterocycles. The molecule has 0 aliphatic carbocycles. The summed E-state index contributed by atoms with van der Waals surface area (Å²) >= 11 is 0. The molecule has 0 spiro atoms. The monoisotopic (exact) mass is 381 g/mol. The summed E-state index contributed by atoms with van der Waals surface area (Å²) in [5.74, 6) is 0.704. The summed E-state index contributed by atoms with van der Waals surface area (Å²) in [6.07, 6.45) is 4.77. The van der Waals surface area contributed by atoms with Gasteiger partial charge in [-0.15, -0.1) is 0 Å². The Labute approximate surface area is 176 Å². The molecule has 0 amide bonds. The molecular weight excluding hydrogens is 353 g/mol. The molecule has 130 valence electrons. The van der Waals surface area contributed by atoms with Gasteiger partial charge in [0.2, 0.25) is 0 Å². The van der Waals surface area contributed by atoms with Crippen molar-refractivity contribution in [2.24, 2.45) is 0 Å². The Morgan fingerprint density at radius 3 is 1.76 bits per heavy atom. The van der Waals surface area contributed by atoms with Gasteiger partial charge in [0.15, 0.2) is 5.82 Å². The van der Waals surface area contributed by atoms with E-state index in [-0.39, 0.29) is 29.6 Å². The molecule has 2 aromatic rings. The van der Waals surface area contributed by atoms with Crippen LogP contribution in [0.1, 0.15) is 5.56 Å². The second kappa shape index (κ2) is 11.2. The predicted octanol–water partition coefficient (Wildman–Crippen LogP) is 1.92. The third kappa shape index (κ3) is 11.6. The molecule has 25 heavy (non-hydrogen) atoms. The summed E-state index contributed by atoms with van der Waals surface area (Å²) < 4.78 is 4.82. The second-order valence-corrected chi connectivity index (χ2v) is 17.2. The number of aromatic nitrogens is 2. The summed E-state index contributed by atoms with van der Waals surface area (Å²) in [5, 5.41) is 0. The van der Waals surface area contributed by atoms with Crippen molar-refractivity contribution in [2.45, 2.75) is 45.7 Å². The summed E-state index contributed by atoms with van der Waals surface area (Å²) in [6.45, 7) is 13.8. The summed E-state index contributed by atoms with van der Waals surface area (Å²) in [5.41, 5.74) is 1.97. The van der Waals surface area contributed by atoms with Crippen LogP contribution in [0.25, 0.3) is 16.0 Å². The van der Waals surface area contributed by atoms with Gasteiger partial charge in [-0.1, -0.05) is 80.0 Å². The number of rotatable bonds is 5. The minimum absolute atomic E-state index is 0. The largest absolute Gasteiger partial charge is 1.00 e. The van der Waals surface area contributed by atoms with Crippen LogP contribution < -0.4 is 29.6 Å². The number of nitrogens with zero attached hydrogens (tertiary/aromatic N) is 3. The van der Waals surface area contributed by atoms with Crippen molar-refractivity contribution in [1.29, 1.82) is 0 Å². The van der Waals surface area contributed by atoms with Gasteiger partial charge in [0.25, 0.3) is 0 Å². The van der Waals surface area contributed by atoms with Crippen LogP contribution in [0, 0.1) is 0 Å². The Bertz CT molecular complexity index is 612. The van der Waals surface area contributed by atoms with Crippen LogP contribution in [0.2, 0.25) is 39.3 Å². The van der Waals surface area contributed by atoms with Crippen molar-refractivity contribution in [3.05, 3.63) is 52.9 Å². The first-order valence-electron chi connectivity index (χ1n) is 8.15. The molecule has 0 aliphatic heterocycles. The van der Waals surface area contributed by atoms with Crippen LogP contribution in [-0.2, 0) is 11.2 Å². The third-order valence-corrected chi connectivity index (χ3v) is 8.13. The summed E-state index contributed by atoms with van der Waals surface area (Å²) in [7, 11) is -2.21. The molecule has 1 heterocycles. The minimum atomic E-state index is -1.11. The van der Waals surface area contributed by atoms with Crippen LogP contribution in [-0.4, -0.2) is 32.7 Å². The van der Waals surface area contributed by atoms with Crippen LogP contribution in [0.15, 0.2) is 42.7 Å². The first kappa shape index (κ1) is 24.4. The van der Waals surface area contributed by atoms with Crippen molar-refractivity contribution in [3.8, 4) is 11.4 Å². The molecule has 0 saturated carbocycles. The van der Waals surface area contributed by atoms with Crippen molar-refractivity contribution >= 4 is 22.8 Å². The standard InChI is InChI=1S/C12H10N2O.C6H18NSi2.Na/c15-9-6-10-2-4-11(5-3-10)12-13-7-1-8-14-12;1-8(2,3)7-9(4,5)6;/h1-5,7-9H,6H2;1-6H3;/q;-1;+1. The van der Waals surface area contributed by atoms with Crippen molar-refractivity contribution in [3.63, 3.8) is 0 Å². The number of carbonyl (C=O) groups is 1. The number of hydrogen-bond donors (Lipinski definition) is 0. The Balaban J connectivity index is 0.000000504. The topological polar surface area (TPSA) is 57.0 Å². The average Bonchev–Trinajstić information content (AvgIpc) is 2.46. The van der Waals surface area contributed by atoms with Gasteiger partial charge in [-0.05, 0) is 11.6 Å². The van der Waals surface area contributed by atoms with Crippen LogP contribution in [0.5, 0.6) is 0 Å². The minimum Gasteiger partial charge on any atom is -0.668 e. The maximum atomic E-state index is 10.3. The molecule has 7 heteroatoms. The van der Waals surface area contributed by atoms with E-state index in [1.165, 1.54) is 0 Å². The molecule has 0 aliphatic rings. The van der Waals surface area contributed by atoms with Gasteiger partial charge < -0.3 is 9.44 Å². The van der Waals surface area contributed by atoms with E-state index >= 15 is 0 Å². The van der Waals surface area contributed by atoms with E-state index in [4.69, 9.17) is 4.65 Å². The van der Waals surface area contributed by atoms with Crippen molar-refractivity contribution in [1.82, 2.24) is 9.97 Å². The normalized spacial score (nSPS) is 11.0. The molecule has 1 aromatic heterocycles. The smallest absolute Gasteiger partial charge is 0.668 e. The Kier molecular flexibility index (Phi) is 10.9. The average molecular weight is 382 g/mol. The fraction of sp³-hybridized carbons (Fsp3) is 0.389. The van der Waals surface area contributed by atoms with E-state index in [2.05, 4.69) is 49.3 Å². The number of benzene rings is 1. The van der Waals surface area contributed by atoms with E-state index in [0.29, 0.717) is 12.2 Å². The molecule has 0 atom stereocenters. The van der Waals surface area contributed by atoms with Gasteiger partial charge in [0, 0.05) is 24.4 Å². The number of carbonyl (C=O) groups excluding carboxylic acids is 1. The first-order valence-corrected chi connectivity index (χ1v) is 15.0. The van der Waals surface area contributed by atoms with Gasteiger partial charge in [-0.2, -0.15) is 0 Å². The molecule has 0 fully saturated rings. The van der Waals surface area contributed by atoms with Gasteiger partial charge in [0.05, 0.1) is 0 Å². The van der Waals surface area contributed by atoms with Crippen LogP contribution in [0.4, 0.5) is 0 Å². The van der Waals surface area contributed by atoms with E-state index in [9.17, 15) is 4.79 Å². The SMILES string of the molecule is C[Si](C)(C)[N-][Si](C)(C)C.O=CCc1ccc(-c2ncccn2)cc1.[Na+]. The molecule has 0 unspecified atom stereocenters. The Morgan fingerprint density at radius 1 is 0.920 bits per heavy atom. The first-order chi connectivity index (χ1) is 11.1. The quantitative estimate of drug-likeness (QED) is 0.587. The number of aldehydes is 1. The zero-order valence-corrected chi connectivity index (χ0v) is 20.6. The summed E-state index contributed by atoms with van der Waals surface area (Å²) in [4.78, 5) is 18.6. The van der Waals surface area contributed by atoms with E-state index in [0.717, 1.165) is 17.4 Å². The number of hydrogen-bond acceptors (Lipinski definition) is 3. The van der Waals surface area contributed by atoms with Gasteiger partial charge in [0.1, 0.15) is 6.29 Å². The molecule has 0 bridgehead atoms. The van der Waals surface area contributed by atoms with Gasteiger partial charge in [-0.3, -0.25) is 0 Å². The van der Waals surface area contributed by atoms with E-state index in [1.807, 2.05) is 24.3 Å². The molecule has 1 aromatic carbocycles. The zero-order valence-electron chi connectivity index (χ0n) is 16.6. The second-order valence-electron chi connectivity index (χ2n) is 7.59. The van der Waals surface area contributed by atoms with Crippen molar-refractivity contribution in [2.75, 3.05) is 0 Å². The molecule has 2 rings (SSSR count). The van der Waals surface area contributed by atoms with Crippen molar-refractivity contribution < 1.29 is 34.4 Å². The van der Waals surface area contributed by atoms with E-state index in [1.54, 1.807) is 18.5 Å². The van der Waals surface area contributed by atoms with Gasteiger partial charge in [-0.25, -0.2) is 9.97 Å². The Hall–Kier alpha value is -0.636. The fourth-order valence-corrected chi connectivity index (χ4v) is 10.4. The maximum absolute atomic E-state index is 10.3. The molecular formula is C18H28N3NaOSi2. The van der Waals surface area contributed by atoms with Crippen LogP contribution in [0.3, 0.4) is 0 Å². The van der Waals surface area contributed by atoms with Gasteiger partial charge >= 0.3 is 29.6 Å².